The fourth-order valence-corrected chi connectivity index (χ4v) is 1.13. The summed E-state index contributed by atoms with van der Waals surface area (Å²) in [5.41, 5.74) is 1.55. The number of aliphatic hydroxyl groups excluding tert-OH is 2. The molecule has 3 N–H and O–H groups in total. The summed E-state index contributed by atoms with van der Waals surface area (Å²) in [5, 5.41) is 27.2. The third-order valence-electron chi connectivity index (χ3n) is 1.92. The van der Waals surface area contributed by atoms with E-state index in [4.69, 9.17) is 10.2 Å². The Hall–Kier alpha value is -1.39. The van der Waals surface area contributed by atoms with Crippen molar-refractivity contribution in [2.24, 2.45) is 0 Å². The third-order valence-corrected chi connectivity index (χ3v) is 1.92. The molecular weight excluding hydrogens is 182 g/mol. The lowest BCUT2D eigenvalue weighted by molar-refractivity contribution is 0.280. The Kier molecular flexibility index (Phi) is 3.62. The minimum Gasteiger partial charge on any atom is -0.505 e. The van der Waals surface area contributed by atoms with Crippen LogP contribution in [-0.2, 0) is 6.61 Å². The summed E-state index contributed by atoms with van der Waals surface area (Å²) in [6, 6.07) is 0. The summed E-state index contributed by atoms with van der Waals surface area (Å²) < 4.78 is 0. The van der Waals surface area contributed by atoms with Gasteiger partial charge in [0.25, 0.3) is 0 Å². The molecule has 1 rings (SSSR count). The van der Waals surface area contributed by atoms with E-state index < -0.39 is 0 Å². The third kappa shape index (κ3) is 2.10. The van der Waals surface area contributed by atoms with E-state index in [0.29, 0.717) is 16.8 Å². The van der Waals surface area contributed by atoms with Crippen molar-refractivity contribution in [1.29, 1.82) is 0 Å². The highest BCUT2D eigenvalue weighted by Crippen LogP contribution is 2.24. The molecule has 4 heteroatoms. The zero-order valence-corrected chi connectivity index (χ0v) is 7.94. The molecule has 76 valence electrons. The zero-order valence-electron chi connectivity index (χ0n) is 7.94. The Morgan fingerprint density at radius 3 is 2.71 bits per heavy atom. The highest BCUT2D eigenvalue weighted by atomic mass is 16.3. The first kappa shape index (κ1) is 10.7. The van der Waals surface area contributed by atoms with Gasteiger partial charge in [-0.15, -0.1) is 0 Å². The van der Waals surface area contributed by atoms with Crippen molar-refractivity contribution in [1.82, 2.24) is 4.98 Å². The second-order valence-electron chi connectivity index (χ2n) is 2.87. The topological polar surface area (TPSA) is 73.6 Å². The van der Waals surface area contributed by atoms with Gasteiger partial charge >= 0.3 is 0 Å². The second-order valence-corrected chi connectivity index (χ2v) is 2.87. The number of aryl methyl sites for hydroxylation is 1. The van der Waals surface area contributed by atoms with Crippen LogP contribution in [0.3, 0.4) is 0 Å². The lowest BCUT2D eigenvalue weighted by Crippen LogP contribution is -1.94. The maximum Gasteiger partial charge on any atom is 0.144 e. The van der Waals surface area contributed by atoms with Crippen molar-refractivity contribution in [2.75, 3.05) is 6.61 Å². The van der Waals surface area contributed by atoms with Crippen LogP contribution in [0, 0.1) is 6.92 Å². The molecule has 0 spiro atoms. The molecule has 0 bridgehead atoms. The van der Waals surface area contributed by atoms with Crippen LogP contribution in [0.4, 0.5) is 0 Å². The van der Waals surface area contributed by atoms with Gasteiger partial charge in [0.05, 0.1) is 18.9 Å². The largest absolute Gasteiger partial charge is 0.505 e. The van der Waals surface area contributed by atoms with Crippen molar-refractivity contribution >= 4 is 6.08 Å². The van der Waals surface area contributed by atoms with Crippen LogP contribution in [0.1, 0.15) is 16.8 Å². The van der Waals surface area contributed by atoms with Gasteiger partial charge in [-0.3, -0.25) is 4.98 Å². The van der Waals surface area contributed by atoms with Crippen molar-refractivity contribution in [3.63, 3.8) is 0 Å². The lowest BCUT2D eigenvalue weighted by Gasteiger charge is -2.07. The van der Waals surface area contributed by atoms with Gasteiger partial charge < -0.3 is 15.3 Å². The maximum absolute atomic E-state index is 9.63. The maximum atomic E-state index is 9.63. The first-order valence-corrected chi connectivity index (χ1v) is 4.26. The molecule has 0 aromatic carbocycles. The highest BCUT2D eigenvalue weighted by molar-refractivity contribution is 5.61. The van der Waals surface area contributed by atoms with Gasteiger partial charge in [0.2, 0.25) is 0 Å². The summed E-state index contributed by atoms with van der Waals surface area (Å²) in [6.07, 6.45) is 4.56. The average molecular weight is 195 g/mol. The number of rotatable bonds is 3. The smallest absolute Gasteiger partial charge is 0.144 e. The van der Waals surface area contributed by atoms with E-state index in [-0.39, 0.29) is 19.0 Å². The second kappa shape index (κ2) is 4.74. The van der Waals surface area contributed by atoms with E-state index >= 15 is 0 Å². The number of hydrogen-bond acceptors (Lipinski definition) is 4. The van der Waals surface area contributed by atoms with Crippen LogP contribution >= 0.6 is 0 Å². The van der Waals surface area contributed by atoms with E-state index in [1.165, 1.54) is 12.3 Å². The SMILES string of the molecule is Cc1ncc(CO)c(C=CCO)c1O. The molecule has 0 amide bonds. The first-order chi connectivity index (χ1) is 6.70. The molecule has 1 heterocycles. The molecule has 0 fully saturated rings. The average Bonchev–Trinajstić information content (AvgIpc) is 2.20. The van der Waals surface area contributed by atoms with Gasteiger partial charge in [-0.1, -0.05) is 12.2 Å². The van der Waals surface area contributed by atoms with Crippen LogP contribution in [0.2, 0.25) is 0 Å². The van der Waals surface area contributed by atoms with E-state index in [1.54, 1.807) is 13.0 Å². The van der Waals surface area contributed by atoms with Crippen LogP contribution < -0.4 is 0 Å². The lowest BCUT2D eigenvalue weighted by atomic mass is 10.1. The highest BCUT2D eigenvalue weighted by Gasteiger charge is 2.07. The number of hydrogen-bond donors (Lipinski definition) is 3. The Labute approximate surface area is 82.2 Å². The van der Waals surface area contributed by atoms with Crippen molar-refractivity contribution in [2.45, 2.75) is 13.5 Å². The minimum absolute atomic E-state index is 0.0428. The molecule has 0 aliphatic carbocycles. The van der Waals surface area contributed by atoms with Gasteiger partial charge in [-0.2, -0.15) is 0 Å². The summed E-state index contributed by atoms with van der Waals surface area (Å²) in [5.74, 6) is 0.0428. The monoisotopic (exact) mass is 195 g/mol. The Bertz CT molecular complexity index is 347. The van der Waals surface area contributed by atoms with Crippen molar-refractivity contribution < 1.29 is 15.3 Å². The molecular formula is C10H13NO3. The predicted molar refractivity (Wildman–Crippen MR) is 52.7 cm³/mol. The standard InChI is InChI=1S/C10H13NO3/c1-7-10(14)9(3-2-4-12)8(6-13)5-11-7/h2-3,5,12-14H,4,6H2,1H3. The number of pyridine rings is 1. The van der Waals surface area contributed by atoms with Crippen molar-refractivity contribution in [3.05, 3.63) is 29.1 Å². The molecule has 1 aromatic heterocycles. The van der Waals surface area contributed by atoms with Crippen molar-refractivity contribution in [3.8, 4) is 5.75 Å². The van der Waals surface area contributed by atoms with Crippen LogP contribution in [0.25, 0.3) is 6.08 Å². The normalized spacial score (nSPS) is 11.1. The van der Waals surface area contributed by atoms with E-state index in [2.05, 4.69) is 4.98 Å². The van der Waals surface area contributed by atoms with Gasteiger partial charge in [0.1, 0.15) is 5.75 Å². The fraction of sp³-hybridized carbons (Fsp3) is 0.300. The van der Waals surface area contributed by atoms with Gasteiger partial charge in [-0.25, -0.2) is 0 Å². The molecule has 0 aliphatic heterocycles. The number of aromatic hydroxyl groups is 1. The molecule has 4 nitrogen and oxygen atoms in total. The molecule has 0 saturated carbocycles. The van der Waals surface area contributed by atoms with Crippen LogP contribution in [-0.4, -0.2) is 26.9 Å². The van der Waals surface area contributed by atoms with Crippen LogP contribution in [0.15, 0.2) is 12.3 Å². The van der Waals surface area contributed by atoms with E-state index in [1.807, 2.05) is 0 Å². The summed E-state index contributed by atoms with van der Waals surface area (Å²) in [6.45, 7) is 1.38. The fourth-order valence-electron chi connectivity index (χ4n) is 1.13. The summed E-state index contributed by atoms with van der Waals surface area (Å²) in [7, 11) is 0. The Balaban J connectivity index is 3.21. The molecule has 0 atom stereocenters. The molecule has 0 saturated heterocycles. The Morgan fingerprint density at radius 1 is 1.43 bits per heavy atom. The molecule has 14 heavy (non-hydrogen) atoms. The molecule has 0 aliphatic rings. The van der Waals surface area contributed by atoms with Crippen LogP contribution in [0.5, 0.6) is 5.75 Å². The van der Waals surface area contributed by atoms with Gasteiger partial charge in [-0.05, 0) is 6.92 Å². The zero-order chi connectivity index (χ0) is 10.6. The summed E-state index contributed by atoms with van der Waals surface area (Å²) in [4.78, 5) is 3.91. The first-order valence-electron chi connectivity index (χ1n) is 4.26. The Morgan fingerprint density at radius 2 is 2.14 bits per heavy atom. The van der Waals surface area contributed by atoms with Gasteiger partial charge in [0, 0.05) is 17.3 Å². The summed E-state index contributed by atoms with van der Waals surface area (Å²) >= 11 is 0. The van der Waals surface area contributed by atoms with E-state index in [9.17, 15) is 5.11 Å². The predicted octanol–water partition coefficient (Wildman–Crippen LogP) is 0.593. The molecule has 0 unspecified atom stereocenters. The molecule has 0 radical (unpaired) electrons. The minimum atomic E-state index is -0.189. The number of aromatic nitrogens is 1. The molecule has 1 aromatic rings. The quantitative estimate of drug-likeness (QED) is 0.660. The van der Waals surface area contributed by atoms with Gasteiger partial charge in [0.15, 0.2) is 0 Å². The number of nitrogens with zero attached hydrogens (tertiary/aromatic N) is 1. The van der Waals surface area contributed by atoms with E-state index in [0.717, 1.165) is 0 Å². The number of aliphatic hydroxyl groups is 2.